The third-order valence-electron chi connectivity index (χ3n) is 4.16. The van der Waals surface area contributed by atoms with E-state index in [0.29, 0.717) is 29.6 Å². The van der Waals surface area contributed by atoms with E-state index in [0.717, 1.165) is 11.1 Å². The van der Waals surface area contributed by atoms with E-state index in [2.05, 4.69) is 25.7 Å². The Balaban J connectivity index is 1.44. The van der Waals surface area contributed by atoms with Gasteiger partial charge in [0, 0.05) is 24.3 Å². The van der Waals surface area contributed by atoms with Gasteiger partial charge in [0.1, 0.15) is 0 Å². The minimum atomic E-state index is -0.199. The van der Waals surface area contributed by atoms with Gasteiger partial charge in [-0.3, -0.25) is 9.20 Å². The molecule has 140 valence electrons. The maximum Gasteiger partial charge on any atom is 0.258 e. The van der Waals surface area contributed by atoms with Gasteiger partial charge in [-0.15, -0.1) is 10.2 Å². The van der Waals surface area contributed by atoms with Crippen LogP contribution in [0.15, 0.2) is 59.3 Å². The molecule has 0 atom stereocenters. The fourth-order valence-electron chi connectivity index (χ4n) is 2.67. The molecule has 0 saturated heterocycles. The second-order valence-electron chi connectivity index (χ2n) is 6.09. The third kappa shape index (κ3) is 3.80. The Bertz CT molecular complexity index is 1130. The molecular formula is C20H18N6O2. The number of nitrogens with zero attached hydrogens (tertiary/aromatic N) is 5. The van der Waals surface area contributed by atoms with Gasteiger partial charge < -0.3 is 9.84 Å². The molecule has 1 N–H and O–H groups in total. The van der Waals surface area contributed by atoms with E-state index in [1.54, 1.807) is 6.08 Å². The summed E-state index contributed by atoms with van der Waals surface area (Å²) in [5, 5.41) is 15.0. The van der Waals surface area contributed by atoms with Crippen LogP contribution >= 0.6 is 0 Å². The number of aryl methyl sites for hydroxylation is 1. The Morgan fingerprint density at radius 1 is 1.21 bits per heavy atom. The van der Waals surface area contributed by atoms with Crippen LogP contribution in [-0.2, 0) is 17.8 Å². The van der Waals surface area contributed by atoms with E-state index in [-0.39, 0.29) is 12.5 Å². The number of carbonyl (C=O) groups excluding carboxylic acids is 1. The van der Waals surface area contributed by atoms with E-state index < -0.39 is 0 Å². The summed E-state index contributed by atoms with van der Waals surface area (Å²) in [4.78, 5) is 16.4. The molecule has 0 fully saturated rings. The van der Waals surface area contributed by atoms with E-state index in [9.17, 15) is 4.79 Å². The number of pyridine rings is 1. The van der Waals surface area contributed by atoms with Gasteiger partial charge in [0.15, 0.2) is 17.3 Å². The number of hydrogen-bond donors (Lipinski definition) is 1. The summed E-state index contributed by atoms with van der Waals surface area (Å²) in [7, 11) is 0. The van der Waals surface area contributed by atoms with Gasteiger partial charge in [-0.2, -0.15) is 4.98 Å². The van der Waals surface area contributed by atoms with Gasteiger partial charge in [0.2, 0.25) is 5.91 Å². The number of benzene rings is 1. The lowest BCUT2D eigenvalue weighted by Gasteiger charge is -2.02. The summed E-state index contributed by atoms with van der Waals surface area (Å²) >= 11 is 0. The van der Waals surface area contributed by atoms with Crippen LogP contribution in [0, 0.1) is 0 Å². The Hall–Kier alpha value is -3.81. The van der Waals surface area contributed by atoms with Crippen LogP contribution in [0.4, 0.5) is 0 Å². The van der Waals surface area contributed by atoms with Crippen molar-refractivity contribution >= 4 is 17.6 Å². The number of amides is 1. The minimum Gasteiger partial charge on any atom is -0.345 e. The molecule has 0 aliphatic carbocycles. The summed E-state index contributed by atoms with van der Waals surface area (Å²) in [5.74, 6) is 1.53. The van der Waals surface area contributed by atoms with Crippen LogP contribution < -0.4 is 5.32 Å². The molecule has 3 heterocycles. The van der Waals surface area contributed by atoms with Gasteiger partial charge in [-0.1, -0.05) is 42.4 Å². The van der Waals surface area contributed by atoms with Gasteiger partial charge in [0.05, 0.1) is 6.54 Å². The van der Waals surface area contributed by atoms with Crippen molar-refractivity contribution in [3.63, 3.8) is 0 Å². The zero-order chi connectivity index (χ0) is 19.3. The largest absolute Gasteiger partial charge is 0.345 e. The highest BCUT2D eigenvalue weighted by atomic mass is 16.5. The van der Waals surface area contributed by atoms with Gasteiger partial charge in [-0.05, 0) is 23.8 Å². The van der Waals surface area contributed by atoms with Crippen molar-refractivity contribution in [3.8, 4) is 11.5 Å². The SMILES string of the molecule is CCc1noc(-c2ccn3c(CNC(=O)/C=C/c4ccccc4)nnc3c2)n1. The molecule has 0 aliphatic heterocycles. The average Bonchev–Trinajstić information content (AvgIpc) is 3.38. The topological polar surface area (TPSA) is 98.2 Å². The molecule has 8 heteroatoms. The lowest BCUT2D eigenvalue weighted by atomic mass is 10.2. The number of fused-ring (bicyclic) bond motifs is 1. The Morgan fingerprint density at radius 2 is 2.07 bits per heavy atom. The quantitative estimate of drug-likeness (QED) is 0.521. The van der Waals surface area contributed by atoms with Crippen LogP contribution in [0.2, 0.25) is 0 Å². The first kappa shape index (κ1) is 17.6. The normalized spacial score (nSPS) is 11.3. The first-order valence-electron chi connectivity index (χ1n) is 8.90. The van der Waals surface area contributed by atoms with E-state index in [4.69, 9.17) is 4.52 Å². The molecule has 8 nitrogen and oxygen atoms in total. The minimum absolute atomic E-state index is 0.199. The molecule has 1 aromatic carbocycles. The van der Waals surface area contributed by atoms with Crippen molar-refractivity contribution in [2.45, 2.75) is 19.9 Å². The van der Waals surface area contributed by atoms with Gasteiger partial charge >= 0.3 is 0 Å². The van der Waals surface area contributed by atoms with Crippen LogP contribution in [0.25, 0.3) is 23.2 Å². The van der Waals surface area contributed by atoms with Crippen molar-refractivity contribution in [3.05, 3.63) is 71.9 Å². The number of aromatic nitrogens is 5. The molecule has 0 unspecified atom stereocenters. The van der Waals surface area contributed by atoms with Crippen LogP contribution in [-0.4, -0.2) is 30.6 Å². The summed E-state index contributed by atoms with van der Waals surface area (Å²) in [6, 6.07) is 13.3. The molecule has 28 heavy (non-hydrogen) atoms. The van der Waals surface area contributed by atoms with Crippen LogP contribution in [0.1, 0.15) is 24.1 Å². The summed E-state index contributed by atoms with van der Waals surface area (Å²) < 4.78 is 7.06. The Kier molecular flexibility index (Phi) is 4.92. The molecular weight excluding hydrogens is 356 g/mol. The van der Waals surface area contributed by atoms with E-state index in [1.807, 2.05) is 60.0 Å². The molecule has 1 amide bonds. The zero-order valence-electron chi connectivity index (χ0n) is 15.2. The predicted molar refractivity (Wildman–Crippen MR) is 103 cm³/mol. The number of carbonyl (C=O) groups is 1. The Morgan fingerprint density at radius 3 is 2.86 bits per heavy atom. The van der Waals surface area contributed by atoms with Crippen LogP contribution in [0.3, 0.4) is 0 Å². The fraction of sp³-hybridized carbons (Fsp3) is 0.150. The first-order valence-corrected chi connectivity index (χ1v) is 8.90. The fourth-order valence-corrected chi connectivity index (χ4v) is 2.67. The predicted octanol–water partition coefficient (Wildman–Crippen LogP) is 2.67. The highest BCUT2D eigenvalue weighted by Crippen LogP contribution is 2.19. The summed E-state index contributed by atoms with van der Waals surface area (Å²) in [6.45, 7) is 2.23. The highest BCUT2D eigenvalue weighted by molar-refractivity contribution is 5.91. The first-order chi connectivity index (χ1) is 13.7. The van der Waals surface area contributed by atoms with Crippen molar-refractivity contribution in [1.82, 2.24) is 30.1 Å². The lowest BCUT2D eigenvalue weighted by molar-refractivity contribution is -0.116. The smallest absolute Gasteiger partial charge is 0.258 e. The second kappa shape index (κ2) is 7.83. The molecule has 0 spiro atoms. The second-order valence-corrected chi connectivity index (χ2v) is 6.09. The number of nitrogens with one attached hydrogen (secondary N) is 1. The molecule has 4 rings (SSSR count). The molecule has 0 saturated carbocycles. The maximum atomic E-state index is 12.0. The van der Waals surface area contributed by atoms with Crippen molar-refractivity contribution in [2.24, 2.45) is 0 Å². The molecule has 0 bridgehead atoms. The average molecular weight is 374 g/mol. The lowest BCUT2D eigenvalue weighted by Crippen LogP contribution is -2.21. The van der Waals surface area contributed by atoms with Crippen molar-refractivity contribution in [1.29, 1.82) is 0 Å². The monoisotopic (exact) mass is 374 g/mol. The van der Waals surface area contributed by atoms with Crippen molar-refractivity contribution < 1.29 is 9.32 Å². The van der Waals surface area contributed by atoms with Gasteiger partial charge in [0.25, 0.3) is 5.89 Å². The van der Waals surface area contributed by atoms with E-state index in [1.165, 1.54) is 6.08 Å². The van der Waals surface area contributed by atoms with Crippen LogP contribution in [0.5, 0.6) is 0 Å². The molecule has 0 radical (unpaired) electrons. The number of hydrogen-bond acceptors (Lipinski definition) is 6. The molecule has 3 aromatic heterocycles. The molecule has 4 aromatic rings. The standard InChI is InChI=1S/C20H18N6O2/c1-2-16-22-20(28-25-16)15-10-11-26-17(12-15)23-24-18(26)13-21-19(27)9-8-14-6-4-3-5-7-14/h3-12H,2,13H2,1H3,(H,21,27)/b9-8+. The number of rotatable bonds is 6. The van der Waals surface area contributed by atoms with Gasteiger partial charge in [-0.25, -0.2) is 0 Å². The zero-order valence-corrected chi connectivity index (χ0v) is 15.2. The summed E-state index contributed by atoms with van der Waals surface area (Å²) in [6.07, 6.45) is 5.79. The Labute approximate surface area is 160 Å². The highest BCUT2D eigenvalue weighted by Gasteiger charge is 2.11. The molecule has 0 aliphatic rings. The van der Waals surface area contributed by atoms with Crippen molar-refractivity contribution in [2.75, 3.05) is 0 Å². The maximum absolute atomic E-state index is 12.0. The third-order valence-corrected chi connectivity index (χ3v) is 4.16. The van der Waals surface area contributed by atoms with E-state index >= 15 is 0 Å². The summed E-state index contributed by atoms with van der Waals surface area (Å²) in [5.41, 5.74) is 2.37.